The Morgan fingerprint density at radius 3 is 1.95 bits per heavy atom. The van der Waals surface area contributed by atoms with Crippen molar-refractivity contribution in [1.82, 2.24) is 4.98 Å². The minimum atomic E-state index is 0.133. The summed E-state index contributed by atoms with van der Waals surface area (Å²) < 4.78 is 6.35. The quantitative estimate of drug-likeness (QED) is 0.215. The van der Waals surface area contributed by atoms with E-state index < -0.39 is 0 Å². The van der Waals surface area contributed by atoms with Gasteiger partial charge in [-0.2, -0.15) is 0 Å². The smallest absolute Gasteiger partial charge is 0.128 e. The molecule has 2 atom stereocenters. The summed E-state index contributed by atoms with van der Waals surface area (Å²) in [5.74, 6) is 1.61. The number of hydrogen-bond acceptors (Lipinski definition) is 2. The van der Waals surface area contributed by atoms with E-state index >= 15 is 0 Å². The summed E-state index contributed by atoms with van der Waals surface area (Å²) in [6.07, 6.45) is 3.36. The van der Waals surface area contributed by atoms with E-state index in [1.807, 2.05) is 6.07 Å². The molecule has 3 heteroatoms. The van der Waals surface area contributed by atoms with E-state index in [0.29, 0.717) is 12.5 Å². The fourth-order valence-electron chi connectivity index (χ4n) is 6.62. The van der Waals surface area contributed by atoms with Crippen molar-refractivity contribution in [3.05, 3.63) is 138 Å². The topological polar surface area (TPSA) is 51.0 Å². The first kappa shape index (κ1) is 26.3. The lowest BCUT2D eigenvalue weighted by molar-refractivity contribution is 0.310. The predicted molar refractivity (Wildman–Crippen MR) is 177 cm³/mol. The number of aromatic nitrogens is 1. The van der Waals surface area contributed by atoms with Gasteiger partial charge in [-0.3, -0.25) is 0 Å². The van der Waals surface area contributed by atoms with Gasteiger partial charge in [0.25, 0.3) is 0 Å². The molecule has 0 aliphatic heterocycles. The van der Waals surface area contributed by atoms with Gasteiger partial charge in [-0.25, -0.2) is 0 Å². The van der Waals surface area contributed by atoms with Gasteiger partial charge in [-0.1, -0.05) is 116 Å². The Morgan fingerprint density at radius 2 is 1.26 bits per heavy atom. The molecule has 0 amide bonds. The van der Waals surface area contributed by atoms with Crippen molar-refractivity contribution < 1.29 is 4.74 Å². The monoisotopic (exact) mass is 548 g/mol. The summed E-state index contributed by atoms with van der Waals surface area (Å²) in [5, 5.41) is 7.63. The number of para-hydroxylation sites is 2. The molecule has 1 heterocycles. The van der Waals surface area contributed by atoms with Gasteiger partial charge in [0, 0.05) is 33.2 Å². The van der Waals surface area contributed by atoms with E-state index in [0.717, 1.165) is 18.6 Å². The number of benzene rings is 6. The number of nitrogens with two attached hydrogens (primary N) is 1. The fourth-order valence-corrected chi connectivity index (χ4v) is 6.62. The first-order chi connectivity index (χ1) is 20.7. The van der Waals surface area contributed by atoms with Crippen LogP contribution in [0, 0.1) is 5.92 Å². The fraction of sp³-hybridized carbons (Fsp3) is 0.179. The molecule has 6 aromatic carbocycles. The number of ether oxygens (including phenoxy) is 1. The van der Waals surface area contributed by atoms with Crippen molar-refractivity contribution in [2.24, 2.45) is 11.7 Å². The second kappa shape index (κ2) is 11.3. The van der Waals surface area contributed by atoms with E-state index in [2.05, 4.69) is 127 Å². The van der Waals surface area contributed by atoms with E-state index in [1.54, 1.807) is 0 Å². The molecule has 208 valence electrons. The number of fused-ring (bicyclic) bond motifs is 8. The minimum Gasteiger partial charge on any atom is -0.488 e. The summed E-state index contributed by atoms with van der Waals surface area (Å²) in [6, 6.07) is 42.6. The van der Waals surface area contributed by atoms with Gasteiger partial charge >= 0.3 is 0 Å². The molecule has 1 aliphatic rings. The molecule has 0 spiro atoms. The van der Waals surface area contributed by atoms with E-state index in [-0.39, 0.29) is 6.04 Å². The molecule has 8 rings (SSSR count). The summed E-state index contributed by atoms with van der Waals surface area (Å²) in [4.78, 5) is 3.38. The van der Waals surface area contributed by atoms with Gasteiger partial charge in [0.05, 0.1) is 0 Å². The number of H-pyrrole nitrogens is 1. The Bertz CT molecular complexity index is 1960. The van der Waals surface area contributed by atoms with Gasteiger partial charge in [0.2, 0.25) is 0 Å². The maximum absolute atomic E-state index is 6.56. The molecule has 0 saturated carbocycles. The summed E-state index contributed by atoms with van der Waals surface area (Å²) in [5.41, 5.74) is 12.9. The molecule has 0 radical (unpaired) electrons. The average Bonchev–Trinajstić information content (AvgIpc) is 3.43. The molecule has 2 unspecified atom stereocenters. The van der Waals surface area contributed by atoms with E-state index in [1.165, 1.54) is 66.5 Å². The molecular formula is C39H36N2O. The molecule has 1 aromatic heterocycles. The number of nitrogens with one attached hydrogen (secondary N) is 1. The largest absolute Gasteiger partial charge is 0.488 e. The Morgan fingerprint density at radius 1 is 0.667 bits per heavy atom. The standard InChI is InChI=1S/C27H27NO.C12H9N/c1-2-18-14-24-22(26(28)15-18)13-12-21-20-10-6-7-11-23(20)27(16-25(21)24)29-17-19-8-4-3-5-9-19;1-3-7-11-9(5-1)10-6-2-4-8-12(10)13-11/h3-13,16,18,26H,2,14-15,17,28H2,1H3;1-8,13H. The zero-order valence-corrected chi connectivity index (χ0v) is 24.0. The zero-order valence-electron chi connectivity index (χ0n) is 24.0. The van der Waals surface area contributed by atoms with Gasteiger partial charge in [0.15, 0.2) is 0 Å². The molecule has 1 aliphatic carbocycles. The SMILES string of the molecule is CCC1Cc2c(ccc3c2cc(OCc2ccccc2)c2ccccc23)C(N)C1.c1ccc2c(c1)[nH]c1ccccc12. The maximum Gasteiger partial charge on any atom is 0.128 e. The normalized spacial score (nSPS) is 16.3. The summed E-state index contributed by atoms with van der Waals surface area (Å²) in [7, 11) is 0. The minimum absolute atomic E-state index is 0.133. The molecule has 0 bridgehead atoms. The number of aromatic amines is 1. The lowest BCUT2D eigenvalue weighted by Crippen LogP contribution is -2.24. The van der Waals surface area contributed by atoms with Crippen LogP contribution in [0.15, 0.2) is 121 Å². The number of hydrogen-bond donors (Lipinski definition) is 2. The number of rotatable bonds is 4. The van der Waals surface area contributed by atoms with Crippen LogP contribution in [-0.4, -0.2) is 4.98 Å². The van der Waals surface area contributed by atoms with Crippen molar-refractivity contribution in [3.8, 4) is 5.75 Å². The molecule has 3 nitrogen and oxygen atoms in total. The van der Waals surface area contributed by atoms with Crippen LogP contribution in [0.3, 0.4) is 0 Å². The van der Waals surface area contributed by atoms with Crippen LogP contribution in [0.2, 0.25) is 0 Å². The molecule has 7 aromatic rings. The molecule has 42 heavy (non-hydrogen) atoms. The maximum atomic E-state index is 6.56. The highest BCUT2D eigenvalue weighted by Gasteiger charge is 2.26. The van der Waals surface area contributed by atoms with Crippen LogP contribution in [0.4, 0.5) is 0 Å². The van der Waals surface area contributed by atoms with Crippen LogP contribution in [0.1, 0.15) is 42.5 Å². The summed E-state index contributed by atoms with van der Waals surface area (Å²) >= 11 is 0. The van der Waals surface area contributed by atoms with Gasteiger partial charge in [0.1, 0.15) is 12.4 Å². The van der Waals surface area contributed by atoms with Crippen molar-refractivity contribution in [1.29, 1.82) is 0 Å². The highest BCUT2D eigenvalue weighted by atomic mass is 16.5. The van der Waals surface area contributed by atoms with Gasteiger partial charge in [-0.05, 0) is 69.8 Å². The lowest BCUT2D eigenvalue weighted by Gasteiger charge is -2.30. The zero-order chi connectivity index (χ0) is 28.5. The predicted octanol–water partition coefficient (Wildman–Crippen LogP) is 9.87. The van der Waals surface area contributed by atoms with E-state index in [9.17, 15) is 0 Å². The highest BCUT2D eigenvalue weighted by Crippen LogP contribution is 2.42. The van der Waals surface area contributed by atoms with Crippen LogP contribution in [0.5, 0.6) is 5.75 Å². The van der Waals surface area contributed by atoms with Gasteiger partial charge in [-0.15, -0.1) is 0 Å². The third-order valence-corrected chi connectivity index (χ3v) is 8.86. The highest BCUT2D eigenvalue weighted by molar-refractivity contribution is 6.11. The van der Waals surface area contributed by atoms with Crippen LogP contribution < -0.4 is 10.5 Å². The molecule has 3 N–H and O–H groups in total. The third-order valence-electron chi connectivity index (χ3n) is 8.86. The first-order valence-corrected chi connectivity index (χ1v) is 15.0. The Hall–Kier alpha value is -4.60. The van der Waals surface area contributed by atoms with Crippen molar-refractivity contribution in [3.63, 3.8) is 0 Å². The Kier molecular flexibility index (Phi) is 7.11. The van der Waals surface area contributed by atoms with Crippen molar-refractivity contribution >= 4 is 43.4 Å². The third kappa shape index (κ3) is 4.91. The Labute approximate surface area is 246 Å². The lowest BCUT2D eigenvalue weighted by atomic mass is 9.77. The molecular weight excluding hydrogens is 512 g/mol. The molecule has 0 fully saturated rings. The first-order valence-electron chi connectivity index (χ1n) is 15.0. The molecule has 0 saturated heterocycles. The van der Waals surface area contributed by atoms with Crippen LogP contribution in [-0.2, 0) is 13.0 Å². The van der Waals surface area contributed by atoms with Crippen molar-refractivity contribution in [2.45, 2.75) is 38.8 Å². The average molecular weight is 549 g/mol. The Balaban J connectivity index is 0.000000183. The summed E-state index contributed by atoms with van der Waals surface area (Å²) in [6.45, 7) is 2.85. The van der Waals surface area contributed by atoms with Crippen molar-refractivity contribution in [2.75, 3.05) is 0 Å². The van der Waals surface area contributed by atoms with Crippen LogP contribution >= 0.6 is 0 Å². The second-order valence-corrected chi connectivity index (χ2v) is 11.5. The van der Waals surface area contributed by atoms with Crippen LogP contribution in [0.25, 0.3) is 43.4 Å². The second-order valence-electron chi connectivity index (χ2n) is 11.5. The van der Waals surface area contributed by atoms with E-state index in [4.69, 9.17) is 10.5 Å². The van der Waals surface area contributed by atoms with Gasteiger partial charge < -0.3 is 15.5 Å².